The SMILES string of the molecule is CCc1cccc(C)c1NC(=O)CCN1CCCC2(C1)CN(C)C(=O)O2. The predicted molar refractivity (Wildman–Crippen MR) is 101 cm³/mol. The number of para-hydroxylation sites is 1. The third kappa shape index (κ3) is 4.01. The first-order valence-electron chi connectivity index (χ1n) is 9.47. The Balaban J connectivity index is 1.54. The highest BCUT2D eigenvalue weighted by molar-refractivity contribution is 5.92. The Morgan fingerprint density at radius 2 is 2.15 bits per heavy atom. The van der Waals surface area contributed by atoms with Gasteiger partial charge in [0.1, 0.15) is 5.60 Å². The Morgan fingerprint density at radius 3 is 2.85 bits per heavy atom. The van der Waals surface area contributed by atoms with Gasteiger partial charge in [0.25, 0.3) is 0 Å². The number of piperidine rings is 1. The van der Waals surface area contributed by atoms with Crippen LogP contribution in [0.3, 0.4) is 0 Å². The highest BCUT2D eigenvalue weighted by Crippen LogP contribution is 2.31. The summed E-state index contributed by atoms with van der Waals surface area (Å²) in [7, 11) is 1.77. The van der Waals surface area contributed by atoms with E-state index in [1.54, 1.807) is 11.9 Å². The summed E-state index contributed by atoms with van der Waals surface area (Å²) in [5.41, 5.74) is 2.81. The Hall–Kier alpha value is -2.08. The highest BCUT2D eigenvalue weighted by atomic mass is 16.6. The van der Waals surface area contributed by atoms with Crippen LogP contribution in [-0.2, 0) is 16.0 Å². The van der Waals surface area contributed by atoms with E-state index in [1.807, 2.05) is 19.1 Å². The van der Waals surface area contributed by atoms with E-state index in [0.717, 1.165) is 42.6 Å². The molecule has 0 bridgehead atoms. The average Bonchev–Trinajstić information content (AvgIpc) is 2.88. The molecule has 2 aliphatic rings. The number of hydrogen-bond donors (Lipinski definition) is 1. The maximum Gasteiger partial charge on any atom is 0.410 e. The smallest absolute Gasteiger partial charge is 0.410 e. The fraction of sp³-hybridized carbons (Fsp3) is 0.600. The number of nitrogens with zero attached hydrogens (tertiary/aromatic N) is 2. The molecule has 1 spiro atoms. The summed E-state index contributed by atoms with van der Waals surface area (Å²) in [5, 5.41) is 3.09. The van der Waals surface area contributed by atoms with Crippen LogP contribution in [0.2, 0.25) is 0 Å². The van der Waals surface area contributed by atoms with Crippen molar-refractivity contribution in [1.82, 2.24) is 9.80 Å². The fourth-order valence-electron chi connectivity index (χ4n) is 4.05. The Morgan fingerprint density at radius 1 is 1.35 bits per heavy atom. The molecule has 6 nitrogen and oxygen atoms in total. The van der Waals surface area contributed by atoms with Gasteiger partial charge in [-0.3, -0.25) is 9.69 Å². The number of carbonyl (C=O) groups excluding carboxylic acids is 2. The molecule has 0 saturated carbocycles. The first kappa shape index (κ1) is 18.7. The van der Waals surface area contributed by atoms with Gasteiger partial charge in [0.05, 0.1) is 6.54 Å². The molecule has 1 atom stereocenters. The van der Waals surface area contributed by atoms with Crippen molar-refractivity contribution in [3.05, 3.63) is 29.3 Å². The summed E-state index contributed by atoms with van der Waals surface area (Å²) in [4.78, 5) is 28.1. The van der Waals surface area contributed by atoms with Crippen LogP contribution in [0.5, 0.6) is 0 Å². The highest BCUT2D eigenvalue weighted by Gasteiger charge is 2.46. The number of likely N-dealkylation sites (tertiary alicyclic amines) is 1. The van der Waals surface area contributed by atoms with Crippen LogP contribution in [0.25, 0.3) is 0 Å². The average molecular weight is 359 g/mol. The lowest BCUT2D eigenvalue weighted by Crippen LogP contribution is -2.50. The second-order valence-corrected chi connectivity index (χ2v) is 7.55. The molecule has 1 aromatic carbocycles. The summed E-state index contributed by atoms with van der Waals surface area (Å²) in [6.07, 6.45) is 2.98. The van der Waals surface area contributed by atoms with E-state index in [0.29, 0.717) is 26.1 Å². The Kier molecular flexibility index (Phi) is 5.51. The van der Waals surface area contributed by atoms with Crippen molar-refractivity contribution >= 4 is 17.7 Å². The zero-order valence-corrected chi connectivity index (χ0v) is 16.0. The quantitative estimate of drug-likeness (QED) is 0.878. The van der Waals surface area contributed by atoms with Gasteiger partial charge in [-0.1, -0.05) is 25.1 Å². The third-order valence-electron chi connectivity index (χ3n) is 5.42. The van der Waals surface area contributed by atoms with Crippen LogP contribution < -0.4 is 5.32 Å². The van der Waals surface area contributed by atoms with Gasteiger partial charge in [0.15, 0.2) is 0 Å². The minimum atomic E-state index is -0.397. The molecule has 1 N–H and O–H groups in total. The van der Waals surface area contributed by atoms with Crippen molar-refractivity contribution in [2.45, 2.75) is 45.1 Å². The lowest BCUT2D eigenvalue weighted by atomic mass is 9.92. The fourth-order valence-corrected chi connectivity index (χ4v) is 4.05. The molecule has 1 aromatic rings. The predicted octanol–water partition coefficient (Wildman–Crippen LogP) is 2.80. The van der Waals surface area contributed by atoms with Gasteiger partial charge in [0.2, 0.25) is 5.91 Å². The van der Waals surface area contributed by atoms with Crippen molar-refractivity contribution in [1.29, 1.82) is 0 Å². The van der Waals surface area contributed by atoms with E-state index < -0.39 is 5.60 Å². The van der Waals surface area contributed by atoms with Crippen molar-refractivity contribution in [2.24, 2.45) is 0 Å². The van der Waals surface area contributed by atoms with Gasteiger partial charge >= 0.3 is 6.09 Å². The molecule has 6 heteroatoms. The number of hydrogen-bond acceptors (Lipinski definition) is 4. The summed E-state index contributed by atoms with van der Waals surface area (Å²) < 4.78 is 5.63. The van der Waals surface area contributed by atoms with Gasteiger partial charge < -0.3 is 15.0 Å². The van der Waals surface area contributed by atoms with Crippen molar-refractivity contribution < 1.29 is 14.3 Å². The number of aryl methyl sites for hydroxylation is 2. The van der Waals surface area contributed by atoms with Gasteiger partial charge in [-0.2, -0.15) is 0 Å². The molecule has 2 heterocycles. The first-order valence-corrected chi connectivity index (χ1v) is 9.47. The van der Waals surface area contributed by atoms with Gasteiger partial charge in [-0.25, -0.2) is 4.79 Å². The molecule has 1 unspecified atom stereocenters. The zero-order chi connectivity index (χ0) is 18.7. The number of anilines is 1. The maximum atomic E-state index is 12.5. The molecule has 0 aromatic heterocycles. The molecular formula is C20H29N3O3. The maximum absolute atomic E-state index is 12.5. The second kappa shape index (κ2) is 7.66. The first-order chi connectivity index (χ1) is 12.4. The molecule has 2 aliphatic heterocycles. The van der Waals surface area contributed by atoms with Crippen molar-refractivity contribution in [2.75, 3.05) is 38.5 Å². The number of benzene rings is 1. The summed E-state index contributed by atoms with van der Waals surface area (Å²) in [6.45, 7) is 7.09. The van der Waals surface area contributed by atoms with E-state index in [9.17, 15) is 9.59 Å². The van der Waals surface area contributed by atoms with E-state index in [2.05, 4.69) is 23.2 Å². The normalized spacial score (nSPS) is 23.3. The lowest BCUT2D eigenvalue weighted by molar-refractivity contribution is -0.116. The Bertz CT molecular complexity index is 691. The topological polar surface area (TPSA) is 61.9 Å². The van der Waals surface area contributed by atoms with E-state index in [-0.39, 0.29) is 12.0 Å². The third-order valence-corrected chi connectivity index (χ3v) is 5.42. The van der Waals surface area contributed by atoms with Crippen molar-refractivity contribution in [3.8, 4) is 0 Å². The van der Waals surface area contributed by atoms with Gasteiger partial charge in [-0.15, -0.1) is 0 Å². The van der Waals surface area contributed by atoms with Crippen LogP contribution >= 0.6 is 0 Å². The van der Waals surface area contributed by atoms with Crippen LogP contribution in [-0.4, -0.2) is 60.6 Å². The number of nitrogens with one attached hydrogen (secondary N) is 1. The number of ether oxygens (including phenoxy) is 1. The van der Waals surface area contributed by atoms with Crippen LogP contribution in [0.1, 0.15) is 37.3 Å². The number of rotatable bonds is 5. The largest absolute Gasteiger partial charge is 0.440 e. The molecule has 142 valence electrons. The molecular weight excluding hydrogens is 330 g/mol. The van der Waals surface area contributed by atoms with Crippen LogP contribution in [0.4, 0.5) is 10.5 Å². The molecule has 3 rings (SSSR count). The molecule has 26 heavy (non-hydrogen) atoms. The number of amides is 2. The van der Waals surface area contributed by atoms with Gasteiger partial charge in [0, 0.05) is 32.2 Å². The number of likely N-dealkylation sites (N-methyl/N-ethyl adjacent to an activating group) is 1. The van der Waals surface area contributed by atoms with Crippen LogP contribution in [0.15, 0.2) is 18.2 Å². The van der Waals surface area contributed by atoms with E-state index >= 15 is 0 Å². The lowest BCUT2D eigenvalue weighted by Gasteiger charge is -2.38. The molecule has 2 saturated heterocycles. The standard InChI is InChI=1S/C20H29N3O3/c1-4-16-8-5-7-15(2)18(16)21-17(24)9-12-23-11-6-10-20(14-23)13-22(3)19(25)26-20/h5,7-8H,4,6,9-14H2,1-3H3,(H,21,24). The molecule has 0 radical (unpaired) electrons. The number of carbonyl (C=O) groups is 2. The van der Waals surface area contributed by atoms with E-state index in [4.69, 9.17) is 4.74 Å². The van der Waals surface area contributed by atoms with Crippen molar-refractivity contribution in [3.63, 3.8) is 0 Å². The minimum absolute atomic E-state index is 0.0363. The molecule has 2 fully saturated rings. The second-order valence-electron chi connectivity index (χ2n) is 7.55. The summed E-state index contributed by atoms with van der Waals surface area (Å²) >= 11 is 0. The monoisotopic (exact) mass is 359 g/mol. The molecule has 2 amide bonds. The minimum Gasteiger partial charge on any atom is -0.440 e. The molecule has 0 aliphatic carbocycles. The Labute approximate surface area is 155 Å². The van der Waals surface area contributed by atoms with E-state index in [1.165, 1.54) is 0 Å². The van der Waals surface area contributed by atoms with Gasteiger partial charge in [-0.05, 0) is 43.9 Å². The zero-order valence-electron chi connectivity index (χ0n) is 16.0. The van der Waals surface area contributed by atoms with Crippen LogP contribution in [0, 0.1) is 6.92 Å². The summed E-state index contributed by atoms with van der Waals surface area (Å²) in [6, 6.07) is 6.10. The summed E-state index contributed by atoms with van der Waals surface area (Å²) in [5.74, 6) is 0.0363.